The third kappa shape index (κ3) is 2.94. The standard InChI is InChI=1S/C19H16F3NO3/c1-2-26-17(25)18(11-12-6-4-3-5-7-12)14-9-8-13(19(20,21)22)10-15(14)23-16(18)24/h3-10H,2,11H2,1H3,(H,23,24). The molecule has 0 fully saturated rings. The lowest BCUT2D eigenvalue weighted by Gasteiger charge is -2.25. The summed E-state index contributed by atoms with van der Waals surface area (Å²) in [6, 6.07) is 11.7. The first kappa shape index (κ1) is 18.0. The minimum absolute atomic E-state index is 0.00310. The van der Waals surface area contributed by atoms with Crippen LogP contribution in [0.1, 0.15) is 23.6 Å². The Morgan fingerprint density at radius 3 is 2.46 bits per heavy atom. The summed E-state index contributed by atoms with van der Waals surface area (Å²) in [6.07, 6.45) is -4.55. The SMILES string of the molecule is CCOC(=O)C1(Cc2ccccc2)C(=O)Nc2cc(C(F)(F)F)ccc21. The molecule has 0 spiro atoms. The molecule has 1 aliphatic heterocycles. The van der Waals surface area contributed by atoms with Gasteiger partial charge in [0.1, 0.15) is 0 Å². The molecule has 4 nitrogen and oxygen atoms in total. The molecule has 2 aromatic rings. The lowest BCUT2D eigenvalue weighted by Crippen LogP contribution is -2.45. The van der Waals surface area contributed by atoms with Gasteiger partial charge in [-0.2, -0.15) is 13.2 Å². The van der Waals surface area contributed by atoms with E-state index in [1.54, 1.807) is 37.3 Å². The van der Waals surface area contributed by atoms with Crippen molar-refractivity contribution in [2.24, 2.45) is 0 Å². The van der Waals surface area contributed by atoms with E-state index in [-0.39, 0.29) is 24.3 Å². The number of benzene rings is 2. The van der Waals surface area contributed by atoms with Gasteiger partial charge >= 0.3 is 12.1 Å². The molecule has 1 unspecified atom stereocenters. The molecular weight excluding hydrogens is 347 g/mol. The molecule has 0 aromatic heterocycles. The predicted molar refractivity (Wildman–Crippen MR) is 88.5 cm³/mol. The Kier molecular flexibility index (Phi) is 4.48. The van der Waals surface area contributed by atoms with E-state index in [0.29, 0.717) is 5.56 Å². The number of halogens is 3. The number of ether oxygens (including phenoxy) is 1. The lowest BCUT2D eigenvalue weighted by atomic mass is 9.76. The minimum atomic E-state index is -4.55. The summed E-state index contributed by atoms with van der Waals surface area (Å²) in [5, 5.41) is 2.42. The zero-order chi connectivity index (χ0) is 18.9. The van der Waals surface area contributed by atoms with Gasteiger partial charge in [0.05, 0.1) is 12.2 Å². The first-order chi connectivity index (χ1) is 12.3. The second-order valence-electron chi connectivity index (χ2n) is 6.00. The van der Waals surface area contributed by atoms with Crippen molar-refractivity contribution >= 4 is 17.6 Å². The molecule has 1 aliphatic rings. The minimum Gasteiger partial charge on any atom is -0.465 e. The van der Waals surface area contributed by atoms with Crippen LogP contribution in [-0.2, 0) is 32.3 Å². The van der Waals surface area contributed by atoms with Crippen LogP contribution < -0.4 is 5.32 Å². The smallest absolute Gasteiger partial charge is 0.416 e. The number of fused-ring (bicyclic) bond motifs is 1. The number of hydrogen-bond acceptors (Lipinski definition) is 3. The Bertz CT molecular complexity index is 849. The van der Waals surface area contributed by atoms with Crippen molar-refractivity contribution < 1.29 is 27.5 Å². The van der Waals surface area contributed by atoms with E-state index in [2.05, 4.69) is 5.32 Å². The molecule has 1 atom stereocenters. The fourth-order valence-electron chi connectivity index (χ4n) is 3.15. The fraction of sp³-hybridized carbons (Fsp3) is 0.263. The maximum Gasteiger partial charge on any atom is 0.416 e. The monoisotopic (exact) mass is 363 g/mol. The number of carbonyl (C=O) groups is 2. The molecule has 7 heteroatoms. The summed E-state index contributed by atoms with van der Waals surface area (Å²) in [7, 11) is 0. The molecule has 0 bridgehead atoms. The van der Waals surface area contributed by atoms with E-state index in [0.717, 1.165) is 12.1 Å². The second kappa shape index (κ2) is 6.48. The average Bonchev–Trinajstić information content (AvgIpc) is 2.87. The molecular formula is C19H16F3NO3. The topological polar surface area (TPSA) is 55.4 Å². The van der Waals surface area contributed by atoms with E-state index < -0.39 is 29.0 Å². The van der Waals surface area contributed by atoms with Crippen LogP contribution in [0.5, 0.6) is 0 Å². The highest BCUT2D eigenvalue weighted by Crippen LogP contribution is 2.44. The molecule has 3 rings (SSSR count). The molecule has 0 radical (unpaired) electrons. The maximum absolute atomic E-state index is 13.0. The molecule has 1 amide bonds. The Morgan fingerprint density at radius 1 is 1.15 bits per heavy atom. The molecule has 0 saturated heterocycles. The van der Waals surface area contributed by atoms with Crippen molar-refractivity contribution in [2.75, 3.05) is 11.9 Å². The molecule has 2 aromatic carbocycles. The summed E-state index contributed by atoms with van der Waals surface area (Å²) in [4.78, 5) is 25.5. The Morgan fingerprint density at radius 2 is 1.85 bits per heavy atom. The van der Waals surface area contributed by atoms with Crippen LogP contribution in [0.15, 0.2) is 48.5 Å². The van der Waals surface area contributed by atoms with Gasteiger partial charge in [-0.1, -0.05) is 36.4 Å². The first-order valence-electron chi connectivity index (χ1n) is 8.03. The van der Waals surface area contributed by atoms with Gasteiger partial charge in [-0.25, -0.2) is 0 Å². The number of nitrogens with one attached hydrogen (secondary N) is 1. The summed E-state index contributed by atoms with van der Waals surface area (Å²) >= 11 is 0. The Labute approximate surface area is 148 Å². The van der Waals surface area contributed by atoms with Crippen molar-refractivity contribution in [3.63, 3.8) is 0 Å². The molecule has 1 N–H and O–H groups in total. The number of rotatable bonds is 4. The first-order valence-corrected chi connectivity index (χ1v) is 8.03. The van der Waals surface area contributed by atoms with Crippen LogP contribution in [0, 0.1) is 0 Å². The van der Waals surface area contributed by atoms with Crippen molar-refractivity contribution in [1.29, 1.82) is 0 Å². The van der Waals surface area contributed by atoms with Crippen LogP contribution in [-0.4, -0.2) is 18.5 Å². The summed E-state index contributed by atoms with van der Waals surface area (Å²) in [6.45, 7) is 1.66. The zero-order valence-electron chi connectivity index (χ0n) is 13.9. The van der Waals surface area contributed by atoms with E-state index in [1.807, 2.05) is 0 Å². The Hall–Kier alpha value is -2.83. The number of hydrogen-bond donors (Lipinski definition) is 1. The lowest BCUT2D eigenvalue weighted by molar-refractivity contribution is -0.153. The van der Waals surface area contributed by atoms with Crippen LogP contribution in [0.3, 0.4) is 0 Å². The van der Waals surface area contributed by atoms with Crippen molar-refractivity contribution in [2.45, 2.75) is 24.9 Å². The molecule has 26 heavy (non-hydrogen) atoms. The summed E-state index contributed by atoms with van der Waals surface area (Å²) in [5.74, 6) is -1.46. The van der Waals surface area contributed by atoms with E-state index >= 15 is 0 Å². The quantitative estimate of drug-likeness (QED) is 0.666. The highest BCUT2D eigenvalue weighted by Gasteiger charge is 2.54. The van der Waals surface area contributed by atoms with Crippen LogP contribution >= 0.6 is 0 Å². The molecule has 0 aliphatic carbocycles. The normalized spacial score (nSPS) is 19.0. The van der Waals surface area contributed by atoms with E-state index in [9.17, 15) is 22.8 Å². The highest BCUT2D eigenvalue weighted by atomic mass is 19.4. The third-order valence-electron chi connectivity index (χ3n) is 4.38. The average molecular weight is 363 g/mol. The number of alkyl halides is 3. The molecule has 0 saturated carbocycles. The number of carbonyl (C=O) groups excluding carboxylic acids is 2. The Balaban J connectivity index is 2.13. The molecule has 136 valence electrons. The van der Waals surface area contributed by atoms with Gasteiger partial charge in [-0.05, 0) is 24.6 Å². The maximum atomic E-state index is 13.0. The highest BCUT2D eigenvalue weighted by molar-refractivity contribution is 6.19. The summed E-state index contributed by atoms with van der Waals surface area (Å²) < 4.78 is 44.0. The number of amides is 1. The zero-order valence-corrected chi connectivity index (χ0v) is 13.9. The van der Waals surface area contributed by atoms with Crippen molar-refractivity contribution in [1.82, 2.24) is 0 Å². The van der Waals surface area contributed by atoms with Crippen LogP contribution in [0.4, 0.5) is 18.9 Å². The van der Waals surface area contributed by atoms with Gasteiger partial charge < -0.3 is 10.1 Å². The van der Waals surface area contributed by atoms with Crippen molar-refractivity contribution in [3.8, 4) is 0 Å². The van der Waals surface area contributed by atoms with E-state index in [1.165, 1.54) is 6.07 Å². The third-order valence-corrected chi connectivity index (χ3v) is 4.38. The predicted octanol–water partition coefficient (Wildman–Crippen LogP) is 3.70. The van der Waals surface area contributed by atoms with Crippen LogP contribution in [0.25, 0.3) is 0 Å². The van der Waals surface area contributed by atoms with Gasteiger partial charge in [0.15, 0.2) is 5.41 Å². The molecule has 1 heterocycles. The number of anilines is 1. The van der Waals surface area contributed by atoms with E-state index in [4.69, 9.17) is 4.74 Å². The van der Waals surface area contributed by atoms with Gasteiger partial charge in [0, 0.05) is 17.7 Å². The summed E-state index contributed by atoms with van der Waals surface area (Å²) in [5.41, 5.74) is -1.73. The van der Waals surface area contributed by atoms with Gasteiger partial charge in [-0.3, -0.25) is 9.59 Å². The number of esters is 1. The largest absolute Gasteiger partial charge is 0.465 e. The fourth-order valence-corrected chi connectivity index (χ4v) is 3.15. The van der Waals surface area contributed by atoms with Crippen LogP contribution in [0.2, 0.25) is 0 Å². The second-order valence-corrected chi connectivity index (χ2v) is 6.00. The van der Waals surface area contributed by atoms with Crippen molar-refractivity contribution in [3.05, 3.63) is 65.2 Å². The van der Waals surface area contributed by atoms with Gasteiger partial charge in [-0.15, -0.1) is 0 Å². The van der Waals surface area contributed by atoms with Gasteiger partial charge in [0.25, 0.3) is 0 Å². The van der Waals surface area contributed by atoms with Gasteiger partial charge in [0.2, 0.25) is 5.91 Å².